The Hall–Kier alpha value is 0.177. The lowest BCUT2D eigenvalue weighted by atomic mass is 10.0. The van der Waals surface area contributed by atoms with Crippen LogP contribution in [0.4, 0.5) is 0 Å². The highest BCUT2D eigenvalue weighted by Gasteiger charge is 2.01. The first-order valence-corrected chi connectivity index (χ1v) is 4.90. The number of hydrogen-bond donors (Lipinski definition) is 1. The lowest BCUT2D eigenvalue weighted by molar-refractivity contribution is 0.499. The van der Waals surface area contributed by atoms with Gasteiger partial charge < -0.3 is 0 Å². The van der Waals surface area contributed by atoms with Gasteiger partial charge in [0, 0.05) is 6.04 Å². The molecule has 1 atom stereocenters. The summed E-state index contributed by atoms with van der Waals surface area (Å²) in [4.78, 5) is 3.27. The third kappa shape index (κ3) is 6.30. The van der Waals surface area contributed by atoms with E-state index in [1.807, 2.05) is 10.4 Å². The molecule has 2 heteroatoms. The third-order valence-corrected chi connectivity index (χ3v) is 2.46. The fourth-order valence-electron chi connectivity index (χ4n) is 0.934. The molecule has 0 aromatic carbocycles. The molecule has 0 aromatic rings. The topological polar surface area (TPSA) is 12.0 Å². The largest absolute Gasteiger partial charge is 0.371 e. The molecule has 0 bridgehead atoms. The molecule has 0 saturated heterocycles. The van der Waals surface area contributed by atoms with Crippen molar-refractivity contribution >= 4 is 10.4 Å². The van der Waals surface area contributed by atoms with Crippen molar-refractivity contribution in [3.05, 3.63) is 0 Å². The quantitative estimate of drug-likeness (QED) is 0.595. The first kappa shape index (κ1) is 10.2. The molecule has 0 fully saturated rings. The predicted octanol–water partition coefficient (Wildman–Crippen LogP) is 1.34. The van der Waals surface area contributed by atoms with E-state index < -0.39 is 0 Å². The molecular weight excluding hydrogens is 138 g/mol. The monoisotopic (exact) mass is 158 g/mol. The minimum atomic E-state index is 0.706. The highest BCUT2D eigenvalue weighted by molar-refractivity contribution is 6.04. The average Bonchev–Trinajstić information content (AvgIpc) is 1.87. The molecule has 1 unspecified atom stereocenters. The van der Waals surface area contributed by atoms with Gasteiger partial charge in [0.2, 0.25) is 0 Å². The molecule has 0 radical (unpaired) electrons. The van der Waals surface area contributed by atoms with Crippen molar-refractivity contribution in [1.82, 2.24) is 4.98 Å². The molecule has 0 rings (SSSR count). The van der Waals surface area contributed by atoms with Crippen LogP contribution in [0.2, 0.25) is 0 Å². The minimum Gasteiger partial charge on any atom is -0.190 e. The zero-order valence-corrected chi connectivity index (χ0v) is 8.90. The Morgan fingerprint density at radius 1 is 1.20 bits per heavy atom. The zero-order valence-electron chi connectivity index (χ0n) is 7.48. The highest BCUT2D eigenvalue weighted by atomic mass is 28.2. The molecule has 10 heavy (non-hydrogen) atoms. The van der Waals surface area contributed by atoms with Crippen molar-refractivity contribution in [3.8, 4) is 0 Å². The molecule has 60 valence electrons. The zero-order chi connectivity index (χ0) is 7.98. The molecule has 1 N–H and O–H groups in total. The first-order chi connectivity index (χ1) is 4.66. The van der Waals surface area contributed by atoms with Crippen LogP contribution < -0.4 is 4.98 Å². The summed E-state index contributed by atoms with van der Waals surface area (Å²) in [7, 11) is 1.85. The van der Waals surface area contributed by atoms with Gasteiger partial charge in [0.05, 0.1) is 0 Å². The van der Waals surface area contributed by atoms with Gasteiger partial charge in [0.15, 0.2) is 0 Å². The maximum atomic E-state index is 3.27. The Kier molecular flexibility index (Phi) is 6.03. The van der Waals surface area contributed by atoms with Gasteiger partial charge in [-0.1, -0.05) is 26.7 Å². The second kappa shape index (κ2) is 5.92. The van der Waals surface area contributed by atoms with Gasteiger partial charge in [-0.15, -0.1) is 0 Å². The van der Waals surface area contributed by atoms with Crippen molar-refractivity contribution in [1.29, 1.82) is 0 Å². The molecule has 0 spiro atoms. The molecule has 0 aliphatic carbocycles. The Labute approximate surface area is 68.1 Å². The summed E-state index contributed by atoms with van der Waals surface area (Å²) < 4.78 is 0. The van der Waals surface area contributed by atoms with Crippen LogP contribution in [0.5, 0.6) is 0 Å². The second-order valence-corrected chi connectivity index (χ2v) is 3.84. The van der Waals surface area contributed by atoms with E-state index in [0.29, 0.717) is 6.04 Å². The van der Waals surface area contributed by atoms with E-state index in [0.717, 1.165) is 5.92 Å². The fourth-order valence-corrected chi connectivity index (χ4v) is 1.14. The maximum Gasteiger partial charge on any atom is 0.371 e. The van der Waals surface area contributed by atoms with Crippen LogP contribution in [0.3, 0.4) is 0 Å². The molecule has 0 aliphatic rings. The van der Waals surface area contributed by atoms with Gasteiger partial charge in [0.1, 0.15) is 0 Å². The Bertz CT molecular complexity index is 73.7. The van der Waals surface area contributed by atoms with Gasteiger partial charge in [-0.2, -0.15) is 4.98 Å². The Balaban J connectivity index is 3.03. The SMILES string of the molecule is CC(C)CCCC(C)N[SiH2+]. The summed E-state index contributed by atoms with van der Waals surface area (Å²) in [5, 5.41) is 0. The number of nitrogens with one attached hydrogen (secondary N) is 1. The van der Waals surface area contributed by atoms with Gasteiger partial charge in [-0.3, -0.25) is 0 Å². The summed E-state index contributed by atoms with van der Waals surface area (Å²) in [5.41, 5.74) is 0. The van der Waals surface area contributed by atoms with E-state index in [-0.39, 0.29) is 0 Å². The second-order valence-electron chi connectivity index (χ2n) is 3.43. The average molecular weight is 158 g/mol. The van der Waals surface area contributed by atoms with Crippen molar-refractivity contribution in [2.24, 2.45) is 5.92 Å². The van der Waals surface area contributed by atoms with Crippen molar-refractivity contribution < 1.29 is 0 Å². The molecule has 1 nitrogen and oxygen atoms in total. The van der Waals surface area contributed by atoms with Crippen LogP contribution in [-0.2, 0) is 0 Å². The molecule has 0 saturated carbocycles. The van der Waals surface area contributed by atoms with E-state index in [4.69, 9.17) is 0 Å². The van der Waals surface area contributed by atoms with Crippen molar-refractivity contribution in [2.45, 2.75) is 46.1 Å². The standard InChI is InChI=1S/C8H20NSi/c1-7(2)5-4-6-8(3)9-10/h7-9H,4-6,10H2,1-3H3/q+1. The lowest BCUT2D eigenvalue weighted by Gasteiger charge is -2.07. The van der Waals surface area contributed by atoms with Crippen LogP contribution in [0.15, 0.2) is 0 Å². The number of hydrogen-bond acceptors (Lipinski definition) is 1. The molecular formula is C8H20NSi+. The summed E-state index contributed by atoms with van der Waals surface area (Å²) in [5.74, 6) is 0.867. The van der Waals surface area contributed by atoms with Crippen LogP contribution in [0.1, 0.15) is 40.0 Å². The maximum absolute atomic E-state index is 3.27. The van der Waals surface area contributed by atoms with Crippen LogP contribution in [-0.4, -0.2) is 16.4 Å². The Morgan fingerprint density at radius 2 is 1.80 bits per heavy atom. The molecule has 0 amide bonds. The van der Waals surface area contributed by atoms with E-state index >= 15 is 0 Å². The highest BCUT2D eigenvalue weighted by Crippen LogP contribution is 2.07. The third-order valence-electron chi connectivity index (χ3n) is 1.77. The predicted molar refractivity (Wildman–Crippen MR) is 49.8 cm³/mol. The van der Waals surface area contributed by atoms with E-state index in [9.17, 15) is 0 Å². The smallest absolute Gasteiger partial charge is 0.190 e. The van der Waals surface area contributed by atoms with Crippen LogP contribution in [0.25, 0.3) is 0 Å². The summed E-state index contributed by atoms with van der Waals surface area (Å²) in [6.45, 7) is 6.81. The molecule has 0 aromatic heterocycles. The molecule has 0 aliphatic heterocycles. The normalized spacial score (nSPS) is 14.0. The summed E-state index contributed by atoms with van der Waals surface area (Å²) in [6, 6.07) is 0.706. The Morgan fingerprint density at radius 3 is 2.20 bits per heavy atom. The van der Waals surface area contributed by atoms with Crippen LogP contribution >= 0.6 is 0 Å². The van der Waals surface area contributed by atoms with E-state index in [1.165, 1.54) is 19.3 Å². The first-order valence-electron chi connectivity index (χ1n) is 4.19. The van der Waals surface area contributed by atoms with Gasteiger partial charge in [0.25, 0.3) is 0 Å². The van der Waals surface area contributed by atoms with E-state index in [2.05, 4.69) is 25.8 Å². The number of rotatable bonds is 5. The van der Waals surface area contributed by atoms with Gasteiger partial charge in [-0.05, 0) is 19.3 Å². The minimum absolute atomic E-state index is 0.706. The van der Waals surface area contributed by atoms with E-state index in [1.54, 1.807) is 0 Å². The van der Waals surface area contributed by atoms with Crippen LogP contribution in [0, 0.1) is 5.92 Å². The van der Waals surface area contributed by atoms with Gasteiger partial charge >= 0.3 is 10.4 Å². The lowest BCUT2D eigenvalue weighted by Crippen LogP contribution is -2.22. The summed E-state index contributed by atoms with van der Waals surface area (Å²) in [6.07, 6.45) is 4.06. The van der Waals surface area contributed by atoms with Crippen molar-refractivity contribution in [3.63, 3.8) is 0 Å². The van der Waals surface area contributed by atoms with Crippen molar-refractivity contribution in [2.75, 3.05) is 0 Å². The fraction of sp³-hybridized carbons (Fsp3) is 1.00. The summed E-state index contributed by atoms with van der Waals surface area (Å²) >= 11 is 0. The molecule has 0 heterocycles. The van der Waals surface area contributed by atoms with Gasteiger partial charge in [-0.25, -0.2) is 0 Å².